The van der Waals surface area contributed by atoms with Crippen molar-refractivity contribution in [3.63, 3.8) is 0 Å². The molecule has 0 amide bonds. The third-order valence-electron chi connectivity index (χ3n) is 24.8. The maximum absolute atomic E-state index is 6.49. The summed E-state index contributed by atoms with van der Waals surface area (Å²) in [7, 11) is 0. The van der Waals surface area contributed by atoms with Crippen molar-refractivity contribution in [2.24, 2.45) is 0 Å². The maximum atomic E-state index is 6.49. The molecule has 0 saturated heterocycles. The first-order valence-electron chi connectivity index (χ1n) is 41.3. The number of nitrogens with zero attached hydrogens (tertiary/aromatic N) is 14. The Morgan fingerprint density at radius 3 is 1.41 bits per heavy atom. The number of pyridine rings is 2. The van der Waals surface area contributed by atoms with Crippen LogP contribution in [0.2, 0.25) is 0 Å². The van der Waals surface area contributed by atoms with E-state index >= 15 is 0 Å². The minimum atomic E-state index is -0.226. The number of hydrogen-bond donors (Lipinski definition) is 1. The van der Waals surface area contributed by atoms with Gasteiger partial charge < -0.3 is 18.9 Å². The standard InChI is InChI=1S/C59H40N6O.C48H29N9/c1-59(2)41-19-5-10-25-47(41)63(48-26-11-6-20-42(48)59)38-34-36(57-61-44-22-8-12-27-49(44)64(57)51-29-15-24-46-55(51)39-17-3-7-21-43(39)60-46)33-37(35-38)58-62-45-23-9-13-28-50(45)65(58)52-30-16-32-54-56(52)40-18-4-14-31-53(40)66-54;1-2-11-34-30(9-1)10-7-17-40(34)56-44(28-38-47(56)53-23-21-49-38)31-25-32(27-33(26-31)55-41-15-5-3-12-35(41)36-13-4-6-16-42(36)55)45-29-39-48(54-24-22-50-39)57(45)43-18-20-52-46-37(43)14-8-19-51-46/h3-35,60H,1-2H3;1-29H. The highest BCUT2D eigenvalue weighted by molar-refractivity contribution is 6.14. The van der Waals surface area contributed by atoms with Crippen LogP contribution in [-0.4, -0.2) is 67.7 Å². The highest BCUT2D eigenvalue weighted by Gasteiger charge is 2.38. The summed E-state index contributed by atoms with van der Waals surface area (Å²) < 4.78 is 18.0. The number of anilines is 3. The topological polar surface area (TPSA) is 160 Å². The van der Waals surface area contributed by atoms with E-state index in [1.54, 1.807) is 37.2 Å². The molecule has 0 saturated carbocycles. The average Bonchev–Trinajstić information content (AvgIpc) is 1.52. The first-order valence-corrected chi connectivity index (χ1v) is 41.3. The lowest BCUT2D eigenvalue weighted by Gasteiger charge is -2.42. The van der Waals surface area contributed by atoms with E-state index in [-0.39, 0.29) is 5.41 Å². The molecule has 1 N–H and O–H groups in total. The largest absolute Gasteiger partial charge is 0.456 e. The highest BCUT2D eigenvalue weighted by atomic mass is 16.3. The fraction of sp³-hybridized carbons (Fsp3) is 0.0280. The second-order valence-corrected chi connectivity index (χ2v) is 32.0. The van der Waals surface area contributed by atoms with Crippen LogP contribution in [0.5, 0.6) is 0 Å². The first-order chi connectivity index (χ1) is 60.8. The lowest BCUT2D eigenvalue weighted by molar-refractivity contribution is 0.632. The van der Waals surface area contributed by atoms with Gasteiger partial charge in [0.15, 0.2) is 16.9 Å². The fourth-order valence-corrected chi connectivity index (χ4v) is 19.4. The minimum absolute atomic E-state index is 0.226. The monoisotopic (exact) mass is 1580 g/mol. The Labute approximate surface area is 702 Å². The van der Waals surface area contributed by atoms with Gasteiger partial charge in [0.2, 0.25) is 0 Å². The van der Waals surface area contributed by atoms with E-state index < -0.39 is 0 Å². The van der Waals surface area contributed by atoms with Gasteiger partial charge in [0, 0.05) is 125 Å². The van der Waals surface area contributed by atoms with Crippen molar-refractivity contribution in [3.05, 3.63) is 388 Å². The number of H-pyrrole nitrogens is 1. The van der Waals surface area contributed by atoms with Crippen LogP contribution < -0.4 is 4.90 Å². The molecule has 25 aromatic rings. The third-order valence-corrected chi connectivity index (χ3v) is 24.8. The smallest absolute Gasteiger partial charge is 0.163 e. The second-order valence-electron chi connectivity index (χ2n) is 32.0. The number of para-hydroxylation sites is 10. The van der Waals surface area contributed by atoms with Gasteiger partial charge in [0.25, 0.3) is 0 Å². The molecule has 14 aromatic carbocycles. The SMILES string of the molecule is CC1(C)c2ccccc2N(c2cc(-c3nc4ccccc4n3-c3cccc4[nH]c5ccccc5c34)cc(-c3nc4ccccc4n3-c3cccc4oc5ccccc5c34)c2)c2ccccc21.c1ccc2c(-n3c(-c4cc(-c5cc6nccnc6n5-c5ccnc6ncccc56)cc(-n5c6ccccc6c6ccccc65)c4)cc4nccnc43)cccc2c1. The van der Waals surface area contributed by atoms with Gasteiger partial charge in [0.1, 0.15) is 33.8 Å². The summed E-state index contributed by atoms with van der Waals surface area (Å²) in [5.41, 5.74) is 30.1. The summed E-state index contributed by atoms with van der Waals surface area (Å²) >= 11 is 0. The molecular weight excluding hydrogens is 1510 g/mol. The van der Waals surface area contributed by atoms with Crippen LogP contribution in [0.15, 0.2) is 381 Å². The van der Waals surface area contributed by atoms with Crippen LogP contribution >= 0.6 is 0 Å². The Bertz CT molecular complexity index is 8190. The Morgan fingerprint density at radius 1 is 0.285 bits per heavy atom. The molecule has 16 nitrogen and oxygen atoms in total. The van der Waals surface area contributed by atoms with Crippen molar-refractivity contribution in [1.29, 1.82) is 0 Å². The summed E-state index contributed by atoms with van der Waals surface area (Å²) in [6.45, 7) is 4.67. The first kappa shape index (κ1) is 69.4. The van der Waals surface area contributed by atoms with Crippen molar-refractivity contribution in [3.8, 4) is 73.7 Å². The van der Waals surface area contributed by atoms with Gasteiger partial charge >= 0.3 is 0 Å². The van der Waals surface area contributed by atoms with E-state index in [9.17, 15) is 0 Å². The molecular formula is C107H69N15O. The number of furan rings is 1. The Hall–Kier alpha value is -16.7. The molecule has 0 atom stereocenters. The maximum Gasteiger partial charge on any atom is 0.163 e. The molecule has 1 aliphatic heterocycles. The van der Waals surface area contributed by atoms with Crippen molar-refractivity contribution in [2.45, 2.75) is 19.3 Å². The minimum Gasteiger partial charge on any atom is -0.456 e. The lowest BCUT2D eigenvalue weighted by Crippen LogP contribution is -2.30. The second kappa shape index (κ2) is 27.2. The quantitative estimate of drug-likeness (QED) is 0.140. The van der Waals surface area contributed by atoms with Crippen LogP contribution in [0.3, 0.4) is 0 Å². The van der Waals surface area contributed by atoms with Crippen molar-refractivity contribution < 1.29 is 4.42 Å². The van der Waals surface area contributed by atoms with Gasteiger partial charge in [-0.05, 0) is 174 Å². The van der Waals surface area contributed by atoms with Crippen molar-refractivity contribution in [1.82, 2.24) is 67.7 Å². The number of benzene rings is 14. The zero-order chi connectivity index (χ0) is 81.1. The van der Waals surface area contributed by atoms with E-state index in [4.69, 9.17) is 34.3 Å². The summed E-state index contributed by atoms with van der Waals surface area (Å²) in [6.07, 6.45) is 10.6. The number of imidazole rings is 2. The molecule has 0 aliphatic carbocycles. The predicted molar refractivity (Wildman–Crippen MR) is 497 cm³/mol. The molecule has 12 heterocycles. The fourth-order valence-electron chi connectivity index (χ4n) is 19.4. The zero-order valence-electron chi connectivity index (χ0n) is 66.5. The van der Waals surface area contributed by atoms with Gasteiger partial charge in [0.05, 0.1) is 84.0 Å². The van der Waals surface area contributed by atoms with Gasteiger partial charge in [-0.2, -0.15) is 0 Å². The molecule has 1 aliphatic rings. The van der Waals surface area contributed by atoms with Crippen LogP contribution in [0.1, 0.15) is 25.0 Å². The molecule has 0 fully saturated rings. The summed E-state index contributed by atoms with van der Waals surface area (Å²) in [6, 6.07) is 120. The van der Waals surface area contributed by atoms with E-state index in [1.807, 2.05) is 24.3 Å². The summed E-state index contributed by atoms with van der Waals surface area (Å²) in [5, 5.41) is 9.99. The van der Waals surface area contributed by atoms with Crippen molar-refractivity contribution >= 4 is 149 Å². The van der Waals surface area contributed by atoms with E-state index in [1.165, 1.54) is 27.3 Å². The number of hydrogen-bond acceptors (Lipinski definition) is 10. The molecule has 11 aromatic heterocycles. The number of nitrogens with one attached hydrogen (secondary N) is 1. The summed E-state index contributed by atoms with van der Waals surface area (Å²) in [5.74, 6) is 1.65. The van der Waals surface area contributed by atoms with Gasteiger partial charge in [-0.1, -0.05) is 196 Å². The Kier molecular flexibility index (Phi) is 15.3. The predicted octanol–water partition coefficient (Wildman–Crippen LogP) is 26.0. The molecule has 26 rings (SSSR count). The number of aromatic amines is 1. The number of rotatable bonds is 10. The molecule has 0 radical (unpaired) electrons. The highest BCUT2D eigenvalue weighted by Crippen LogP contribution is 2.54. The Balaban J connectivity index is 0.000000137. The van der Waals surface area contributed by atoms with Crippen LogP contribution in [0, 0.1) is 0 Å². The third kappa shape index (κ3) is 10.7. The average molecular weight is 1580 g/mol. The number of aromatic nitrogens is 14. The summed E-state index contributed by atoms with van der Waals surface area (Å²) in [4.78, 5) is 45.8. The molecule has 123 heavy (non-hydrogen) atoms. The van der Waals surface area contributed by atoms with E-state index in [2.05, 4.69) is 372 Å². The Morgan fingerprint density at radius 2 is 0.748 bits per heavy atom. The van der Waals surface area contributed by atoms with Crippen molar-refractivity contribution in [2.75, 3.05) is 4.90 Å². The molecule has 0 unspecified atom stereocenters. The molecule has 0 bridgehead atoms. The zero-order valence-corrected chi connectivity index (χ0v) is 66.5. The molecule has 0 spiro atoms. The van der Waals surface area contributed by atoms with Crippen LogP contribution in [-0.2, 0) is 5.41 Å². The van der Waals surface area contributed by atoms with E-state index in [0.717, 1.165) is 201 Å². The van der Waals surface area contributed by atoms with Gasteiger partial charge in [-0.25, -0.2) is 29.9 Å². The normalized spacial score (nSPS) is 12.7. The molecule has 16 heteroatoms. The van der Waals surface area contributed by atoms with Crippen LogP contribution in [0.25, 0.3) is 205 Å². The van der Waals surface area contributed by atoms with Crippen LogP contribution in [0.4, 0.5) is 17.1 Å². The van der Waals surface area contributed by atoms with E-state index in [0.29, 0.717) is 5.65 Å². The van der Waals surface area contributed by atoms with Gasteiger partial charge in [-0.3, -0.25) is 28.2 Å². The lowest BCUT2D eigenvalue weighted by atomic mass is 9.73. The van der Waals surface area contributed by atoms with Gasteiger partial charge in [-0.15, -0.1) is 0 Å². The number of fused-ring (bicyclic) bond motifs is 17. The molecule has 578 valence electrons.